The first-order valence-electron chi connectivity index (χ1n) is 10.5. The van der Waals surface area contributed by atoms with Gasteiger partial charge in [0, 0.05) is 32.2 Å². The van der Waals surface area contributed by atoms with Crippen LogP contribution < -0.4 is 9.47 Å². The first-order chi connectivity index (χ1) is 15.2. The van der Waals surface area contributed by atoms with E-state index in [0.717, 1.165) is 24.8 Å². The maximum absolute atomic E-state index is 13.2. The molecule has 0 spiro atoms. The van der Waals surface area contributed by atoms with E-state index in [-0.39, 0.29) is 41.7 Å². The molecule has 10 heteroatoms. The number of unbranched alkanes of at least 4 members (excludes halogenated alkanes) is 1. The van der Waals surface area contributed by atoms with Crippen molar-refractivity contribution in [3.63, 3.8) is 0 Å². The first kappa shape index (κ1) is 24.5. The molecular formula is C22H30N2O6S2. The minimum atomic E-state index is -3.88. The molecule has 8 nitrogen and oxygen atoms in total. The second-order valence-corrected chi connectivity index (χ2v) is 11.4. The number of nitrogens with zero attached hydrogens (tertiary/aromatic N) is 2. The van der Waals surface area contributed by atoms with Crippen molar-refractivity contribution in [1.29, 1.82) is 0 Å². The third kappa shape index (κ3) is 5.09. The van der Waals surface area contributed by atoms with Gasteiger partial charge in [0.25, 0.3) is 0 Å². The lowest BCUT2D eigenvalue weighted by Crippen LogP contribution is -2.50. The molecule has 0 atom stereocenters. The summed E-state index contributed by atoms with van der Waals surface area (Å²) in [6.07, 6.45) is 3.05. The molecule has 0 aliphatic carbocycles. The Morgan fingerprint density at radius 2 is 1.41 bits per heavy atom. The Morgan fingerprint density at radius 3 is 1.94 bits per heavy atom. The molecule has 3 rings (SSSR count). The van der Waals surface area contributed by atoms with Crippen molar-refractivity contribution in [2.45, 2.75) is 36.0 Å². The molecule has 0 aromatic heterocycles. The second kappa shape index (κ2) is 10.2. The molecule has 176 valence electrons. The van der Waals surface area contributed by atoms with Crippen molar-refractivity contribution in [2.24, 2.45) is 0 Å². The number of aryl methyl sites for hydroxylation is 1. The highest BCUT2D eigenvalue weighted by atomic mass is 32.2. The summed E-state index contributed by atoms with van der Waals surface area (Å²) in [5.74, 6) is 0.608. The van der Waals surface area contributed by atoms with Gasteiger partial charge in [-0.1, -0.05) is 25.5 Å². The van der Waals surface area contributed by atoms with Gasteiger partial charge in [0.1, 0.15) is 16.4 Å². The summed E-state index contributed by atoms with van der Waals surface area (Å²) in [6, 6.07) is 11.5. The average molecular weight is 483 g/mol. The zero-order valence-corrected chi connectivity index (χ0v) is 20.3. The van der Waals surface area contributed by atoms with E-state index < -0.39 is 20.0 Å². The topological polar surface area (TPSA) is 93.2 Å². The second-order valence-electron chi connectivity index (χ2n) is 7.57. The van der Waals surface area contributed by atoms with E-state index in [0.29, 0.717) is 5.75 Å². The number of hydrogen-bond donors (Lipinski definition) is 0. The van der Waals surface area contributed by atoms with Crippen LogP contribution >= 0.6 is 0 Å². The van der Waals surface area contributed by atoms with Gasteiger partial charge in [-0.15, -0.1) is 0 Å². The average Bonchev–Trinajstić information content (AvgIpc) is 2.82. The molecule has 2 aromatic rings. The highest BCUT2D eigenvalue weighted by molar-refractivity contribution is 7.89. The van der Waals surface area contributed by atoms with Crippen molar-refractivity contribution >= 4 is 20.0 Å². The molecule has 2 aromatic carbocycles. The zero-order valence-electron chi connectivity index (χ0n) is 18.7. The predicted octanol–water partition coefficient (Wildman–Crippen LogP) is 2.74. The van der Waals surface area contributed by atoms with Gasteiger partial charge < -0.3 is 9.47 Å². The molecule has 0 radical (unpaired) electrons. The fraction of sp³-hybridized carbons (Fsp3) is 0.455. The van der Waals surface area contributed by atoms with Gasteiger partial charge >= 0.3 is 0 Å². The summed E-state index contributed by atoms with van der Waals surface area (Å²) in [5, 5.41) is 0. The van der Waals surface area contributed by atoms with Crippen LogP contribution in [0.25, 0.3) is 0 Å². The van der Waals surface area contributed by atoms with Crippen molar-refractivity contribution in [3.05, 3.63) is 48.0 Å². The van der Waals surface area contributed by atoms with Crippen molar-refractivity contribution < 1.29 is 26.3 Å². The van der Waals surface area contributed by atoms with Gasteiger partial charge in [-0.05, 0) is 42.7 Å². The fourth-order valence-electron chi connectivity index (χ4n) is 3.63. The van der Waals surface area contributed by atoms with Gasteiger partial charge in [0.05, 0.1) is 19.1 Å². The third-order valence-corrected chi connectivity index (χ3v) is 9.40. The Hall–Kier alpha value is -2.14. The van der Waals surface area contributed by atoms with E-state index in [1.807, 2.05) is 12.1 Å². The third-order valence-electron chi connectivity index (χ3n) is 5.57. The van der Waals surface area contributed by atoms with E-state index in [4.69, 9.17) is 9.47 Å². The number of hydrogen-bond acceptors (Lipinski definition) is 6. The Balaban J connectivity index is 1.74. The quantitative estimate of drug-likeness (QED) is 0.546. The van der Waals surface area contributed by atoms with Gasteiger partial charge in [-0.3, -0.25) is 0 Å². The predicted molar refractivity (Wildman–Crippen MR) is 122 cm³/mol. The van der Waals surface area contributed by atoms with E-state index >= 15 is 0 Å². The minimum absolute atomic E-state index is 0.00155. The largest absolute Gasteiger partial charge is 0.497 e. The first-order valence-corrected chi connectivity index (χ1v) is 13.4. The highest BCUT2D eigenvalue weighted by Gasteiger charge is 2.35. The normalized spacial score (nSPS) is 16.1. The Kier molecular flexibility index (Phi) is 7.81. The lowest BCUT2D eigenvalue weighted by Gasteiger charge is -2.33. The molecule has 1 aliphatic heterocycles. The fourth-order valence-corrected chi connectivity index (χ4v) is 6.65. The number of rotatable bonds is 9. The molecule has 0 N–H and O–H groups in total. The number of benzene rings is 2. The summed E-state index contributed by atoms with van der Waals surface area (Å²) in [6.45, 7) is 2.37. The SMILES string of the molecule is CCCCc1ccc(S(=O)(=O)N2CCN(S(=O)(=O)c3cc(OC)ccc3OC)CC2)cc1. The smallest absolute Gasteiger partial charge is 0.246 e. The lowest BCUT2D eigenvalue weighted by molar-refractivity contribution is 0.272. The molecule has 1 fully saturated rings. The Morgan fingerprint density at radius 1 is 0.812 bits per heavy atom. The van der Waals surface area contributed by atoms with Crippen LogP contribution in [0.4, 0.5) is 0 Å². The van der Waals surface area contributed by atoms with Crippen LogP contribution in [-0.2, 0) is 26.5 Å². The van der Waals surface area contributed by atoms with Gasteiger partial charge in [0.2, 0.25) is 20.0 Å². The van der Waals surface area contributed by atoms with Crippen LogP contribution in [0.3, 0.4) is 0 Å². The van der Waals surface area contributed by atoms with Crippen molar-refractivity contribution in [3.8, 4) is 11.5 Å². The summed E-state index contributed by atoms with van der Waals surface area (Å²) in [7, 11) is -4.71. The maximum atomic E-state index is 13.2. The molecule has 0 saturated carbocycles. The lowest BCUT2D eigenvalue weighted by atomic mass is 10.1. The van der Waals surface area contributed by atoms with Crippen molar-refractivity contribution in [1.82, 2.24) is 8.61 Å². The molecular weight excluding hydrogens is 452 g/mol. The summed E-state index contributed by atoms with van der Waals surface area (Å²) >= 11 is 0. The number of sulfonamides is 2. The van der Waals surface area contributed by atoms with Crippen molar-refractivity contribution in [2.75, 3.05) is 40.4 Å². The maximum Gasteiger partial charge on any atom is 0.246 e. The minimum Gasteiger partial charge on any atom is -0.497 e. The van der Waals surface area contributed by atoms with E-state index in [1.54, 1.807) is 18.2 Å². The molecule has 0 amide bonds. The zero-order chi connectivity index (χ0) is 23.4. The Bertz CT molecular complexity index is 1120. The van der Waals surface area contributed by atoms with Crippen LogP contribution in [-0.4, -0.2) is 65.8 Å². The number of ether oxygens (including phenoxy) is 2. The molecule has 1 heterocycles. The van der Waals surface area contributed by atoms with Crippen LogP contribution in [0.15, 0.2) is 52.3 Å². The van der Waals surface area contributed by atoms with Crippen LogP contribution in [0.2, 0.25) is 0 Å². The van der Waals surface area contributed by atoms with Gasteiger partial charge in [0.15, 0.2) is 0 Å². The molecule has 0 bridgehead atoms. The van der Waals surface area contributed by atoms with E-state index in [9.17, 15) is 16.8 Å². The summed E-state index contributed by atoms with van der Waals surface area (Å²) in [5.41, 5.74) is 1.11. The summed E-state index contributed by atoms with van der Waals surface area (Å²) in [4.78, 5) is 0.224. The van der Waals surface area contributed by atoms with Crippen LogP contribution in [0.5, 0.6) is 11.5 Å². The van der Waals surface area contributed by atoms with Crippen LogP contribution in [0.1, 0.15) is 25.3 Å². The van der Waals surface area contributed by atoms with Gasteiger partial charge in [-0.25, -0.2) is 16.8 Å². The van der Waals surface area contributed by atoms with Crippen LogP contribution in [0, 0.1) is 0 Å². The summed E-state index contributed by atoms with van der Waals surface area (Å²) < 4.78 is 65.5. The molecule has 1 saturated heterocycles. The molecule has 1 aliphatic rings. The monoisotopic (exact) mass is 482 g/mol. The van der Waals surface area contributed by atoms with E-state index in [1.165, 1.54) is 35.0 Å². The van der Waals surface area contributed by atoms with E-state index in [2.05, 4.69) is 6.92 Å². The highest BCUT2D eigenvalue weighted by Crippen LogP contribution is 2.31. The molecule has 0 unspecified atom stereocenters. The number of methoxy groups -OCH3 is 2. The van der Waals surface area contributed by atoms with Gasteiger partial charge in [-0.2, -0.15) is 8.61 Å². The standard InChI is InChI=1S/C22H30N2O6S2/c1-4-5-6-18-7-10-20(11-8-18)31(25,26)23-13-15-24(16-14-23)32(27,28)22-17-19(29-2)9-12-21(22)30-3/h7-12,17H,4-6,13-16H2,1-3H3. The number of piperazine rings is 1. The Labute approximate surface area is 190 Å². The molecule has 32 heavy (non-hydrogen) atoms.